The number of nitrogens with zero attached hydrogens (tertiary/aromatic N) is 4. The Morgan fingerprint density at radius 3 is 3.05 bits per heavy atom. The third kappa shape index (κ3) is 2.54. The van der Waals surface area contributed by atoms with Crippen molar-refractivity contribution in [1.82, 2.24) is 19.5 Å². The minimum atomic E-state index is -0.140. The molecule has 0 amide bonds. The number of aromatic nitrogens is 3. The van der Waals surface area contributed by atoms with E-state index in [9.17, 15) is 4.79 Å². The molecule has 7 heteroatoms. The van der Waals surface area contributed by atoms with Crippen LogP contribution in [0.1, 0.15) is 25.0 Å². The Balaban J connectivity index is 1.84. The van der Waals surface area contributed by atoms with Crippen molar-refractivity contribution in [3.63, 3.8) is 0 Å². The summed E-state index contributed by atoms with van der Waals surface area (Å²) in [5.74, 6) is 0. The Morgan fingerprint density at radius 2 is 2.37 bits per heavy atom. The van der Waals surface area contributed by atoms with Crippen LogP contribution in [-0.4, -0.2) is 43.8 Å². The molecule has 0 saturated heterocycles. The smallest absolute Gasteiger partial charge is 0.275 e. The maximum absolute atomic E-state index is 11.9. The van der Waals surface area contributed by atoms with Crippen LogP contribution in [0.5, 0.6) is 0 Å². The fraction of sp³-hybridized carbons (Fsp3) is 0.583. The van der Waals surface area contributed by atoms with Gasteiger partial charge in [0, 0.05) is 25.2 Å². The molecule has 0 aliphatic heterocycles. The van der Waals surface area contributed by atoms with Gasteiger partial charge in [0.1, 0.15) is 5.51 Å². The number of fused-ring (bicyclic) bond motifs is 1. The van der Waals surface area contributed by atoms with Gasteiger partial charge in [0.15, 0.2) is 0 Å². The third-order valence-corrected chi connectivity index (χ3v) is 4.26. The highest BCUT2D eigenvalue weighted by Gasteiger charge is 2.25. The number of aliphatic hydroxyl groups excluding tert-OH is 1. The Labute approximate surface area is 114 Å². The summed E-state index contributed by atoms with van der Waals surface area (Å²) in [4.78, 5) is 19.1. The molecule has 2 heterocycles. The van der Waals surface area contributed by atoms with Gasteiger partial charge in [0.25, 0.3) is 5.56 Å². The maximum Gasteiger partial charge on any atom is 0.275 e. The van der Waals surface area contributed by atoms with Gasteiger partial charge in [0.2, 0.25) is 4.96 Å². The van der Waals surface area contributed by atoms with E-state index in [1.54, 1.807) is 5.51 Å². The summed E-state index contributed by atoms with van der Waals surface area (Å²) in [5.41, 5.74) is 2.23. The van der Waals surface area contributed by atoms with Crippen molar-refractivity contribution in [2.75, 3.05) is 13.2 Å². The first-order chi connectivity index (χ1) is 9.28. The lowest BCUT2D eigenvalue weighted by Gasteiger charge is -2.36. The van der Waals surface area contributed by atoms with E-state index in [0.717, 1.165) is 5.69 Å². The van der Waals surface area contributed by atoms with Gasteiger partial charge in [-0.15, -0.1) is 0 Å². The molecule has 6 nitrogen and oxygen atoms in total. The van der Waals surface area contributed by atoms with Crippen LogP contribution in [0, 0.1) is 0 Å². The Hall–Kier alpha value is -1.31. The number of rotatable bonds is 5. The molecule has 102 valence electrons. The topological polar surface area (TPSA) is 70.7 Å². The molecular weight excluding hydrogens is 264 g/mol. The lowest BCUT2D eigenvalue weighted by Crippen LogP contribution is -2.41. The zero-order valence-electron chi connectivity index (χ0n) is 10.5. The van der Waals surface area contributed by atoms with E-state index in [2.05, 4.69) is 15.0 Å². The summed E-state index contributed by atoms with van der Waals surface area (Å²) in [6.07, 6.45) is 3.58. The Morgan fingerprint density at radius 1 is 1.53 bits per heavy atom. The predicted octanol–water partition coefficient (Wildman–Crippen LogP) is 0.498. The molecule has 1 fully saturated rings. The Bertz CT molecular complexity index is 619. The summed E-state index contributed by atoms with van der Waals surface area (Å²) in [6, 6.07) is 2.06. The molecule has 1 aliphatic carbocycles. The molecule has 0 aromatic carbocycles. The van der Waals surface area contributed by atoms with E-state index in [1.807, 2.05) is 0 Å². The van der Waals surface area contributed by atoms with Crippen molar-refractivity contribution in [3.05, 3.63) is 27.6 Å². The highest BCUT2D eigenvalue weighted by atomic mass is 32.1. The fourth-order valence-corrected chi connectivity index (χ4v) is 3.00. The van der Waals surface area contributed by atoms with Crippen LogP contribution in [0.15, 0.2) is 16.4 Å². The molecule has 19 heavy (non-hydrogen) atoms. The van der Waals surface area contributed by atoms with Crippen molar-refractivity contribution in [2.24, 2.45) is 0 Å². The SMILES string of the molecule is O=c1cc(CN(CCO)C2CCC2)nc2scnn12. The quantitative estimate of drug-likeness (QED) is 0.863. The van der Waals surface area contributed by atoms with Crippen molar-refractivity contribution in [2.45, 2.75) is 31.8 Å². The van der Waals surface area contributed by atoms with E-state index < -0.39 is 0 Å². The molecule has 3 rings (SSSR count). The van der Waals surface area contributed by atoms with E-state index in [1.165, 1.54) is 41.2 Å². The fourth-order valence-electron chi connectivity index (χ4n) is 2.36. The van der Waals surface area contributed by atoms with Gasteiger partial charge in [-0.2, -0.15) is 9.61 Å². The minimum Gasteiger partial charge on any atom is -0.395 e. The average molecular weight is 280 g/mol. The minimum absolute atomic E-state index is 0.137. The number of aliphatic hydroxyl groups is 1. The van der Waals surface area contributed by atoms with Crippen LogP contribution in [0.3, 0.4) is 0 Å². The maximum atomic E-state index is 11.9. The van der Waals surface area contributed by atoms with Crippen LogP contribution in [0.25, 0.3) is 4.96 Å². The summed E-state index contributed by atoms with van der Waals surface area (Å²) in [6.45, 7) is 1.39. The second-order valence-corrected chi connectivity index (χ2v) is 5.61. The molecule has 2 aromatic heterocycles. The predicted molar refractivity (Wildman–Crippen MR) is 72.3 cm³/mol. The van der Waals surface area contributed by atoms with Gasteiger partial charge in [0.05, 0.1) is 12.3 Å². The van der Waals surface area contributed by atoms with Crippen LogP contribution < -0.4 is 5.56 Å². The number of hydrogen-bond acceptors (Lipinski definition) is 6. The summed E-state index contributed by atoms with van der Waals surface area (Å²) >= 11 is 1.36. The average Bonchev–Trinajstić information content (AvgIpc) is 2.75. The molecule has 0 atom stereocenters. The van der Waals surface area contributed by atoms with Gasteiger partial charge in [-0.3, -0.25) is 9.69 Å². The van der Waals surface area contributed by atoms with Gasteiger partial charge in [-0.05, 0) is 12.8 Å². The largest absolute Gasteiger partial charge is 0.395 e. The third-order valence-electron chi connectivity index (χ3n) is 3.58. The van der Waals surface area contributed by atoms with Gasteiger partial charge >= 0.3 is 0 Å². The summed E-state index contributed by atoms with van der Waals surface area (Å²) in [7, 11) is 0. The first-order valence-corrected chi connectivity index (χ1v) is 7.33. The molecule has 0 bridgehead atoms. The lowest BCUT2D eigenvalue weighted by atomic mass is 9.91. The second kappa shape index (κ2) is 5.36. The molecule has 2 aromatic rings. The first kappa shape index (κ1) is 12.7. The molecule has 1 N–H and O–H groups in total. The van der Waals surface area contributed by atoms with E-state index >= 15 is 0 Å². The summed E-state index contributed by atoms with van der Waals surface area (Å²) in [5, 5.41) is 13.1. The van der Waals surface area contributed by atoms with Crippen molar-refractivity contribution < 1.29 is 5.11 Å². The molecule has 0 spiro atoms. The molecule has 1 saturated carbocycles. The van der Waals surface area contributed by atoms with Crippen LogP contribution in [-0.2, 0) is 6.54 Å². The monoisotopic (exact) mass is 280 g/mol. The van der Waals surface area contributed by atoms with Crippen LogP contribution in [0.2, 0.25) is 0 Å². The van der Waals surface area contributed by atoms with Crippen molar-refractivity contribution in [3.8, 4) is 0 Å². The van der Waals surface area contributed by atoms with Gasteiger partial charge in [-0.25, -0.2) is 4.98 Å². The van der Waals surface area contributed by atoms with Crippen molar-refractivity contribution in [1.29, 1.82) is 0 Å². The molecule has 0 radical (unpaired) electrons. The normalized spacial score (nSPS) is 16.1. The van der Waals surface area contributed by atoms with E-state index in [0.29, 0.717) is 24.1 Å². The molecule has 0 unspecified atom stereocenters. The second-order valence-electron chi connectivity index (χ2n) is 4.80. The van der Waals surface area contributed by atoms with Crippen molar-refractivity contribution >= 4 is 16.3 Å². The highest BCUT2D eigenvalue weighted by Crippen LogP contribution is 2.25. The molecular formula is C12H16N4O2S. The van der Waals surface area contributed by atoms with E-state index in [4.69, 9.17) is 5.11 Å². The van der Waals surface area contributed by atoms with Crippen LogP contribution >= 0.6 is 11.3 Å². The number of hydrogen-bond donors (Lipinski definition) is 1. The zero-order valence-corrected chi connectivity index (χ0v) is 11.3. The standard InChI is InChI=1S/C12H16N4O2S/c17-5-4-15(10-2-1-3-10)7-9-6-11(18)16-12(14-9)19-8-13-16/h6,8,10,17H,1-5,7H2. The first-order valence-electron chi connectivity index (χ1n) is 6.45. The highest BCUT2D eigenvalue weighted by molar-refractivity contribution is 7.14. The van der Waals surface area contributed by atoms with Gasteiger partial charge in [-0.1, -0.05) is 17.8 Å². The van der Waals surface area contributed by atoms with Gasteiger partial charge < -0.3 is 5.11 Å². The van der Waals surface area contributed by atoms with Crippen LogP contribution in [0.4, 0.5) is 0 Å². The molecule has 1 aliphatic rings. The summed E-state index contributed by atoms with van der Waals surface area (Å²) < 4.78 is 1.31. The zero-order chi connectivity index (χ0) is 13.2. The Kier molecular flexibility index (Phi) is 3.58. The van der Waals surface area contributed by atoms with E-state index in [-0.39, 0.29) is 12.2 Å². The lowest BCUT2D eigenvalue weighted by molar-refractivity contribution is 0.0934.